The van der Waals surface area contributed by atoms with Crippen LogP contribution in [0.2, 0.25) is 0 Å². The first kappa shape index (κ1) is 25.1. The maximum absolute atomic E-state index is 12.2. The predicted octanol–water partition coefficient (Wildman–Crippen LogP) is 3.88. The van der Waals surface area contributed by atoms with Crippen LogP contribution in [0.5, 0.6) is 11.5 Å². The molecule has 3 rings (SSSR count). The zero-order chi connectivity index (χ0) is 24.0. The van der Waals surface area contributed by atoms with Gasteiger partial charge in [0.2, 0.25) is 0 Å². The average Bonchev–Trinajstić information content (AvgIpc) is 2.78. The monoisotopic (exact) mass is 462 g/mol. The Morgan fingerprint density at radius 3 is 2.58 bits per heavy atom. The molecular weight excluding hydrogens is 424 g/mol. The molecule has 8 nitrogen and oxygen atoms in total. The fourth-order valence-corrected chi connectivity index (χ4v) is 5.24. The van der Waals surface area contributed by atoms with Gasteiger partial charge in [-0.25, -0.2) is 4.79 Å². The number of benzene rings is 1. The van der Waals surface area contributed by atoms with Gasteiger partial charge in [-0.3, -0.25) is 9.69 Å². The van der Waals surface area contributed by atoms with E-state index in [2.05, 4.69) is 36.2 Å². The van der Waals surface area contributed by atoms with Crippen LogP contribution in [0, 0.1) is 17.8 Å². The molecule has 0 bridgehead atoms. The van der Waals surface area contributed by atoms with Crippen LogP contribution in [-0.2, 0) is 16.0 Å². The molecule has 2 aliphatic heterocycles. The lowest BCUT2D eigenvalue weighted by atomic mass is 9.74. The Morgan fingerprint density at radius 1 is 1.18 bits per heavy atom. The number of piperidine rings is 1. The van der Waals surface area contributed by atoms with Gasteiger partial charge in [-0.15, -0.1) is 0 Å². The van der Waals surface area contributed by atoms with Crippen LogP contribution in [0.1, 0.15) is 56.7 Å². The van der Waals surface area contributed by atoms with Crippen molar-refractivity contribution in [2.24, 2.45) is 17.8 Å². The molecular formula is C25H38N2O6. The van der Waals surface area contributed by atoms with Crippen LogP contribution >= 0.6 is 0 Å². The minimum atomic E-state index is -0.865. The molecule has 1 saturated heterocycles. The van der Waals surface area contributed by atoms with Crippen molar-refractivity contribution in [1.82, 2.24) is 10.2 Å². The third-order valence-corrected chi connectivity index (χ3v) is 6.81. The summed E-state index contributed by atoms with van der Waals surface area (Å²) in [7, 11) is 3.33. The topological polar surface area (TPSA) is 97.3 Å². The van der Waals surface area contributed by atoms with Crippen molar-refractivity contribution in [3.63, 3.8) is 0 Å². The first-order valence-electron chi connectivity index (χ1n) is 11.9. The molecule has 184 valence electrons. The van der Waals surface area contributed by atoms with Gasteiger partial charge in [0.1, 0.15) is 0 Å². The first-order valence-corrected chi connectivity index (χ1v) is 11.9. The largest absolute Gasteiger partial charge is 0.493 e. The molecule has 2 aliphatic rings. The molecule has 0 aliphatic carbocycles. The molecule has 3 atom stereocenters. The van der Waals surface area contributed by atoms with E-state index in [4.69, 9.17) is 19.3 Å². The second-order valence-electron chi connectivity index (χ2n) is 9.57. The van der Waals surface area contributed by atoms with Gasteiger partial charge < -0.3 is 24.6 Å². The van der Waals surface area contributed by atoms with Gasteiger partial charge in [-0.05, 0) is 66.7 Å². The number of nitrogens with zero attached hydrogens (tertiary/aromatic N) is 1. The summed E-state index contributed by atoms with van der Waals surface area (Å²) < 4.78 is 16.7. The van der Waals surface area contributed by atoms with E-state index in [1.807, 2.05) is 0 Å². The maximum atomic E-state index is 12.2. The van der Waals surface area contributed by atoms with E-state index < -0.39 is 12.1 Å². The second kappa shape index (κ2) is 11.6. The van der Waals surface area contributed by atoms with Crippen molar-refractivity contribution in [1.29, 1.82) is 0 Å². The minimum absolute atomic E-state index is 0.0323. The summed E-state index contributed by atoms with van der Waals surface area (Å²) in [6.45, 7) is 7.15. The Morgan fingerprint density at radius 2 is 1.91 bits per heavy atom. The SMILES string of the molecule is COc1cc2c(cc1OC)[C@H]1C[C@@H](COC(=O)NCCCC(=O)O)[C@H](CC(C)C)CN1CC2. The summed E-state index contributed by atoms with van der Waals surface area (Å²) in [5.41, 5.74) is 2.58. The third-order valence-electron chi connectivity index (χ3n) is 6.81. The molecule has 1 fully saturated rings. The Labute approximate surface area is 196 Å². The molecule has 0 saturated carbocycles. The fourth-order valence-electron chi connectivity index (χ4n) is 5.24. The first-order chi connectivity index (χ1) is 15.8. The van der Waals surface area contributed by atoms with E-state index >= 15 is 0 Å². The molecule has 1 aromatic rings. The molecule has 2 heterocycles. The molecule has 1 amide bonds. The van der Waals surface area contributed by atoms with Crippen LogP contribution in [-0.4, -0.2) is 62.5 Å². The number of hydrogen-bond donors (Lipinski definition) is 2. The zero-order valence-corrected chi connectivity index (χ0v) is 20.3. The van der Waals surface area contributed by atoms with E-state index in [0.29, 0.717) is 31.4 Å². The molecule has 2 N–H and O–H groups in total. The van der Waals surface area contributed by atoms with Gasteiger partial charge in [-0.2, -0.15) is 0 Å². The van der Waals surface area contributed by atoms with Gasteiger partial charge in [0.25, 0.3) is 0 Å². The molecule has 0 aromatic heterocycles. The van der Waals surface area contributed by atoms with Crippen LogP contribution in [0.15, 0.2) is 12.1 Å². The van der Waals surface area contributed by atoms with Gasteiger partial charge in [0.05, 0.1) is 20.8 Å². The lowest BCUT2D eigenvalue weighted by molar-refractivity contribution is -0.137. The molecule has 33 heavy (non-hydrogen) atoms. The number of carbonyl (C=O) groups is 2. The Hall–Kier alpha value is -2.48. The van der Waals surface area contributed by atoms with Crippen molar-refractivity contribution in [2.45, 2.75) is 52.0 Å². The van der Waals surface area contributed by atoms with Crippen LogP contribution in [0.3, 0.4) is 0 Å². The maximum Gasteiger partial charge on any atom is 0.407 e. The number of aliphatic carboxylic acids is 1. The minimum Gasteiger partial charge on any atom is -0.493 e. The Bertz CT molecular complexity index is 827. The summed E-state index contributed by atoms with van der Waals surface area (Å²) >= 11 is 0. The van der Waals surface area contributed by atoms with Gasteiger partial charge in [0.15, 0.2) is 11.5 Å². The van der Waals surface area contributed by atoms with E-state index in [-0.39, 0.29) is 18.4 Å². The number of hydrogen-bond acceptors (Lipinski definition) is 6. The van der Waals surface area contributed by atoms with Gasteiger partial charge >= 0.3 is 12.1 Å². The molecule has 1 aromatic carbocycles. The smallest absolute Gasteiger partial charge is 0.407 e. The average molecular weight is 463 g/mol. The second-order valence-corrected chi connectivity index (χ2v) is 9.57. The van der Waals surface area contributed by atoms with Crippen molar-refractivity contribution in [3.8, 4) is 11.5 Å². The highest BCUT2D eigenvalue weighted by molar-refractivity contribution is 5.68. The summed E-state index contributed by atoms with van der Waals surface area (Å²) in [5.74, 6) is 1.93. The van der Waals surface area contributed by atoms with Crippen molar-refractivity contribution >= 4 is 12.1 Å². The predicted molar refractivity (Wildman–Crippen MR) is 125 cm³/mol. The number of rotatable bonds is 10. The third kappa shape index (κ3) is 6.53. The van der Waals surface area contributed by atoms with Crippen molar-refractivity contribution in [3.05, 3.63) is 23.3 Å². The van der Waals surface area contributed by atoms with Crippen LogP contribution in [0.25, 0.3) is 0 Å². The Balaban J connectivity index is 1.69. The summed E-state index contributed by atoms with van der Waals surface area (Å²) in [6.07, 6.45) is 2.96. The summed E-state index contributed by atoms with van der Waals surface area (Å²) in [5, 5.41) is 11.4. The van der Waals surface area contributed by atoms with Crippen LogP contribution in [0.4, 0.5) is 4.79 Å². The number of carboxylic acids is 1. The highest BCUT2D eigenvalue weighted by atomic mass is 16.5. The lowest BCUT2D eigenvalue weighted by Crippen LogP contribution is -2.47. The quantitative estimate of drug-likeness (QED) is 0.509. The number of carbonyl (C=O) groups excluding carboxylic acids is 1. The molecule has 0 unspecified atom stereocenters. The van der Waals surface area contributed by atoms with E-state index in [1.54, 1.807) is 14.2 Å². The van der Waals surface area contributed by atoms with E-state index in [0.717, 1.165) is 43.9 Å². The fraction of sp³-hybridized carbons (Fsp3) is 0.680. The molecule has 8 heteroatoms. The zero-order valence-electron chi connectivity index (χ0n) is 20.3. The number of alkyl carbamates (subject to hydrolysis) is 1. The van der Waals surface area contributed by atoms with Crippen LogP contribution < -0.4 is 14.8 Å². The van der Waals surface area contributed by atoms with E-state index in [1.165, 1.54) is 11.1 Å². The van der Waals surface area contributed by atoms with E-state index in [9.17, 15) is 9.59 Å². The number of nitrogens with one attached hydrogen (secondary N) is 1. The van der Waals surface area contributed by atoms with Gasteiger partial charge in [0, 0.05) is 32.1 Å². The summed E-state index contributed by atoms with van der Waals surface area (Å²) in [4.78, 5) is 25.4. The normalized spacial score (nSPS) is 22.3. The number of amides is 1. The highest BCUT2D eigenvalue weighted by Crippen LogP contribution is 2.45. The van der Waals surface area contributed by atoms with Gasteiger partial charge in [-0.1, -0.05) is 13.8 Å². The lowest BCUT2D eigenvalue weighted by Gasteiger charge is -2.47. The molecule has 0 spiro atoms. The van der Waals surface area contributed by atoms with Crippen molar-refractivity contribution < 1.29 is 28.9 Å². The number of fused-ring (bicyclic) bond motifs is 3. The number of carboxylic acid groups (broad SMARTS) is 1. The highest BCUT2D eigenvalue weighted by Gasteiger charge is 2.40. The number of methoxy groups -OCH3 is 2. The number of ether oxygens (including phenoxy) is 3. The Kier molecular flexibility index (Phi) is 8.83. The molecule has 0 radical (unpaired) electrons. The standard InChI is InChI=1S/C25H38N2O6/c1-16(2)10-18-14-27-9-7-17-12-22(31-3)23(32-4)13-20(17)21(27)11-19(18)15-33-25(30)26-8-5-6-24(28)29/h12-13,16,18-19,21H,5-11,14-15H2,1-4H3,(H,26,30)(H,28,29)/t18-,19+,21-/m1/s1. The summed E-state index contributed by atoms with van der Waals surface area (Å²) in [6, 6.07) is 4.48. The van der Waals surface area contributed by atoms with Crippen molar-refractivity contribution in [2.75, 3.05) is 40.5 Å².